The third-order valence-electron chi connectivity index (χ3n) is 30.5. The molecule has 0 amide bonds. The molecule has 74 heavy (non-hydrogen) atoms. The summed E-state index contributed by atoms with van der Waals surface area (Å²) in [7, 11) is 0. The number of fused-ring (bicyclic) bond motifs is 25. The minimum Gasteiger partial charge on any atom is -0.0851 e. The molecule has 0 N–H and O–H groups in total. The molecular formula is C74H100. The number of hydrogen-bond donors (Lipinski definition) is 0. The lowest BCUT2D eigenvalue weighted by molar-refractivity contribution is 0.0684. The molecule has 0 aliphatic heterocycles. The van der Waals surface area contributed by atoms with Crippen LogP contribution in [0.15, 0.2) is 78.9 Å². The molecule has 396 valence electrons. The molecule has 1 aromatic rings. The molecular weight excluding hydrogens is 889 g/mol. The summed E-state index contributed by atoms with van der Waals surface area (Å²) in [5, 5.41) is 0. The van der Waals surface area contributed by atoms with Gasteiger partial charge in [-0.1, -0.05) is 91.8 Å². The zero-order valence-corrected chi connectivity index (χ0v) is 46.1. The fraction of sp³-hybridized carbons (Fsp3) is 0.811. The highest BCUT2D eigenvalue weighted by Gasteiger charge is 2.64. The zero-order valence-electron chi connectivity index (χ0n) is 46.1. The number of allylic oxidation sites excluding steroid dienone is 8. The summed E-state index contributed by atoms with van der Waals surface area (Å²) in [6, 6.07) is 11.3. The van der Waals surface area contributed by atoms with Crippen molar-refractivity contribution in [3.8, 4) is 0 Å². The number of benzene rings is 1. The van der Waals surface area contributed by atoms with Gasteiger partial charge in [0.05, 0.1) is 0 Å². The van der Waals surface area contributed by atoms with Crippen molar-refractivity contribution in [2.45, 2.75) is 179 Å². The first-order chi connectivity index (χ1) is 36.5. The SMILES string of the molecule is C1=CC2CC1CC2C1CC2CC(C3CC4CCC3C4)C1C2.C1=CC2CC1CC2C1CC2CC1C1C3CCC(C3)C21.C1=CC2CC1CC2C1CC2CC1CC2c1ccccc1.C1=CC2CC1CC2C1CC2CCC1C2. The molecule has 1 aromatic carbocycles. The van der Waals surface area contributed by atoms with Gasteiger partial charge in [-0.2, -0.15) is 0 Å². The van der Waals surface area contributed by atoms with E-state index in [1.807, 2.05) is 0 Å². The highest BCUT2D eigenvalue weighted by molar-refractivity contribution is 5.25. The van der Waals surface area contributed by atoms with Crippen molar-refractivity contribution < 1.29 is 0 Å². The van der Waals surface area contributed by atoms with Gasteiger partial charge in [-0.05, 0) is 361 Å². The van der Waals surface area contributed by atoms with Crippen LogP contribution < -0.4 is 0 Å². The van der Waals surface area contributed by atoms with E-state index in [0.29, 0.717) is 0 Å². The average molecular weight is 990 g/mol. The van der Waals surface area contributed by atoms with Crippen molar-refractivity contribution in [2.24, 2.45) is 189 Å². The lowest BCUT2D eigenvalue weighted by Crippen LogP contribution is -2.36. The fourth-order valence-electron chi connectivity index (χ4n) is 28.4. The van der Waals surface area contributed by atoms with E-state index in [1.54, 1.807) is 128 Å². The average Bonchev–Trinajstić information content (AvgIpc) is 4.27. The molecule has 0 heteroatoms. The minimum atomic E-state index is 0.881. The molecule has 0 heterocycles. The Hall–Kier alpha value is -1.82. The van der Waals surface area contributed by atoms with E-state index < -0.39 is 0 Å². The highest BCUT2D eigenvalue weighted by atomic mass is 14.7. The molecule has 0 spiro atoms. The van der Waals surface area contributed by atoms with E-state index >= 15 is 0 Å². The quantitative estimate of drug-likeness (QED) is 0.197. The maximum Gasteiger partial charge on any atom is -0.0131 e. The largest absolute Gasteiger partial charge is 0.0851 e. The van der Waals surface area contributed by atoms with Crippen LogP contribution in [0.2, 0.25) is 0 Å². The summed E-state index contributed by atoms with van der Waals surface area (Å²) in [5.74, 6) is 36.2. The van der Waals surface area contributed by atoms with Gasteiger partial charge in [0, 0.05) is 0 Å². The van der Waals surface area contributed by atoms with E-state index in [4.69, 9.17) is 0 Å². The van der Waals surface area contributed by atoms with E-state index in [0.717, 1.165) is 142 Å². The lowest BCUT2D eigenvalue weighted by atomic mass is 9.63. The number of hydrogen-bond acceptors (Lipinski definition) is 0. The molecule has 0 aromatic heterocycles. The van der Waals surface area contributed by atoms with E-state index in [-0.39, 0.29) is 0 Å². The number of rotatable bonds is 6. The molecule has 21 rings (SSSR count). The van der Waals surface area contributed by atoms with Gasteiger partial charge in [-0.15, -0.1) is 0 Å². The Bertz CT molecular complexity index is 2380. The van der Waals surface area contributed by atoms with Gasteiger partial charge in [0.1, 0.15) is 0 Å². The third kappa shape index (κ3) is 7.39. The first kappa shape index (κ1) is 46.0. The van der Waals surface area contributed by atoms with Crippen LogP contribution in [-0.2, 0) is 0 Å². The first-order valence-electron chi connectivity index (χ1n) is 34.3. The Morgan fingerprint density at radius 1 is 0.230 bits per heavy atom. The standard InChI is InChI=1S/C21H30.C20H24.C19H26.C14H20/c1-3-15-5-12(1)7-17(15)19-9-14-10-20(21(19)11-14)18-8-13-2-4-16(18)6-13;1-2-4-14(5-3-1)18-11-17-10-16(18)12-20(17)19-9-13-6-7-15(19)8-13;1-2-11-5-10(1)6-15(11)16-8-14-9-17(16)19-13-4-3-12(7-13)18(14)19;1-3-11-5-9(1)7-13(11)14-8-10-2-4-12(14)6-10/h1,3,12-21H,2,4-11H2;1-7,13,15-20H,8-12H2;1-2,10-19H,3-9H2;1,3,9-14H,2,4-8H2. The first-order valence-corrected chi connectivity index (χ1v) is 34.3. The van der Waals surface area contributed by atoms with Crippen LogP contribution in [0.25, 0.3) is 0 Å². The Kier molecular flexibility index (Phi) is 11.1. The molecule has 0 saturated heterocycles. The summed E-state index contributed by atoms with van der Waals surface area (Å²) in [6.07, 6.45) is 63.1. The Morgan fingerprint density at radius 2 is 0.649 bits per heavy atom. The smallest absolute Gasteiger partial charge is 0.0131 e. The van der Waals surface area contributed by atoms with Gasteiger partial charge in [-0.25, -0.2) is 0 Å². The van der Waals surface area contributed by atoms with Gasteiger partial charge in [-0.3, -0.25) is 0 Å². The third-order valence-corrected chi connectivity index (χ3v) is 30.5. The van der Waals surface area contributed by atoms with E-state index in [9.17, 15) is 0 Å². The van der Waals surface area contributed by atoms with Crippen molar-refractivity contribution in [2.75, 3.05) is 0 Å². The van der Waals surface area contributed by atoms with Gasteiger partial charge in [0.15, 0.2) is 0 Å². The maximum atomic E-state index is 2.61. The zero-order chi connectivity index (χ0) is 47.9. The van der Waals surface area contributed by atoms with Crippen LogP contribution >= 0.6 is 0 Å². The van der Waals surface area contributed by atoms with Crippen molar-refractivity contribution in [1.29, 1.82) is 0 Å². The summed E-state index contributed by atoms with van der Waals surface area (Å²) < 4.78 is 0. The lowest BCUT2D eigenvalue weighted by Gasteiger charge is -2.42. The van der Waals surface area contributed by atoms with Crippen molar-refractivity contribution in [3.05, 3.63) is 84.5 Å². The molecule has 16 saturated carbocycles. The van der Waals surface area contributed by atoms with Crippen LogP contribution in [0.4, 0.5) is 0 Å². The topological polar surface area (TPSA) is 0 Å². The molecule has 33 atom stereocenters. The summed E-state index contributed by atoms with van der Waals surface area (Å²) >= 11 is 0. The molecule has 20 bridgehead atoms. The van der Waals surface area contributed by atoms with E-state index in [2.05, 4.69) is 78.9 Å². The summed E-state index contributed by atoms with van der Waals surface area (Å²) in [5.41, 5.74) is 1.62. The molecule has 33 unspecified atom stereocenters. The Labute approximate surface area is 450 Å². The highest BCUT2D eigenvalue weighted by Crippen LogP contribution is 2.72. The van der Waals surface area contributed by atoms with Crippen LogP contribution in [0.1, 0.15) is 185 Å². The molecule has 20 aliphatic carbocycles. The second-order valence-electron chi connectivity index (χ2n) is 33.0. The van der Waals surface area contributed by atoms with Crippen molar-refractivity contribution in [3.63, 3.8) is 0 Å². The normalized spacial score (nSPS) is 59.4. The molecule has 20 aliphatic rings. The molecule has 16 fully saturated rings. The van der Waals surface area contributed by atoms with Crippen LogP contribution in [0.5, 0.6) is 0 Å². The summed E-state index contributed by atoms with van der Waals surface area (Å²) in [6.45, 7) is 0. The minimum absolute atomic E-state index is 0.881. The van der Waals surface area contributed by atoms with Gasteiger partial charge < -0.3 is 0 Å². The van der Waals surface area contributed by atoms with Crippen LogP contribution in [0, 0.1) is 189 Å². The van der Waals surface area contributed by atoms with Crippen LogP contribution in [0.3, 0.4) is 0 Å². The second kappa shape index (κ2) is 17.8. The predicted octanol–water partition coefficient (Wildman–Crippen LogP) is 18.5. The van der Waals surface area contributed by atoms with Gasteiger partial charge in [0.2, 0.25) is 0 Å². The van der Waals surface area contributed by atoms with Crippen molar-refractivity contribution in [1.82, 2.24) is 0 Å². The monoisotopic (exact) mass is 989 g/mol. The second-order valence-corrected chi connectivity index (χ2v) is 33.0. The van der Waals surface area contributed by atoms with E-state index in [1.165, 1.54) is 105 Å². The van der Waals surface area contributed by atoms with Crippen LogP contribution in [-0.4, -0.2) is 0 Å². The summed E-state index contributed by atoms with van der Waals surface area (Å²) in [4.78, 5) is 0. The maximum absolute atomic E-state index is 2.61. The van der Waals surface area contributed by atoms with Crippen molar-refractivity contribution >= 4 is 0 Å². The Morgan fingerprint density at radius 3 is 1.11 bits per heavy atom. The molecule has 0 radical (unpaired) electrons. The van der Waals surface area contributed by atoms with Gasteiger partial charge >= 0.3 is 0 Å². The fourth-order valence-corrected chi connectivity index (χ4v) is 28.4. The van der Waals surface area contributed by atoms with Gasteiger partial charge in [0.25, 0.3) is 0 Å². The predicted molar refractivity (Wildman–Crippen MR) is 302 cm³/mol. The Balaban J connectivity index is 0.0000000793. The molecule has 0 nitrogen and oxygen atoms in total.